The standard InChI is InChI=1S/C20H31N5/c1-15(2)20-18(14-24(4)23-20)13-21-11-17-5-6-19(22-12-17)25-9-7-16(3)8-10-25/h5-6,12,14-16,21H,7-11,13H2,1-4H3. The lowest BCUT2D eigenvalue weighted by Gasteiger charge is -2.31. The molecule has 3 heterocycles. The van der Waals surface area contributed by atoms with Crippen LogP contribution in [0.15, 0.2) is 24.5 Å². The van der Waals surface area contributed by atoms with Crippen LogP contribution in [0.25, 0.3) is 0 Å². The molecule has 0 atom stereocenters. The third kappa shape index (κ3) is 4.60. The third-order valence-corrected chi connectivity index (χ3v) is 5.05. The minimum Gasteiger partial charge on any atom is -0.357 e. The first-order valence-corrected chi connectivity index (χ1v) is 9.46. The number of aryl methyl sites for hydroxylation is 1. The third-order valence-electron chi connectivity index (χ3n) is 5.05. The summed E-state index contributed by atoms with van der Waals surface area (Å²) in [6.07, 6.45) is 6.66. The minimum absolute atomic E-state index is 0.450. The Hall–Kier alpha value is -1.88. The summed E-state index contributed by atoms with van der Waals surface area (Å²) in [7, 11) is 1.99. The van der Waals surface area contributed by atoms with Gasteiger partial charge in [0.1, 0.15) is 5.82 Å². The molecule has 0 bridgehead atoms. The van der Waals surface area contributed by atoms with Crippen molar-refractivity contribution < 1.29 is 0 Å². The predicted octanol–water partition coefficient (Wildman–Crippen LogP) is 3.46. The van der Waals surface area contributed by atoms with Crippen molar-refractivity contribution in [3.05, 3.63) is 41.3 Å². The lowest BCUT2D eigenvalue weighted by atomic mass is 9.99. The molecular weight excluding hydrogens is 310 g/mol. The molecule has 1 aliphatic rings. The molecule has 0 aromatic carbocycles. The average molecular weight is 342 g/mol. The van der Waals surface area contributed by atoms with Crippen LogP contribution >= 0.6 is 0 Å². The van der Waals surface area contributed by atoms with Crippen molar-refractivity contribution in [3.63, 3.8) is 0 Å². The summed E-state index contributed by atoms with van der Waals surface area (Å²) in [5.41, 5.74) is 3.69. The number of hydrogen-bond donors (Lipinski definition) is 1. The highest BCUT2D eigenvalue weighted by Gasteiger charge is 2.16. The second-order valence-electron chi connectivity index (χ2n) is 7.67. The van der Waals surface area contributed by atoms with E-state index in [4.69, 9.17) is 0 Å². The maximum absolute atomic E-state index is 4.67. The van der Waals surface area contributed by atoms with Crippen LogP contribution in [0.2, 0.25) is 0 Å². The topological polar surface area (TPSA) is 46.0 Å². The number of aromatic nitrogens is 3. The summed E-state index contributed by atoms with van der Waals surface area (Å²) >= 11 is 0. The van der Waals surface area contributed by atoms with E-state index in [1.54, 1.807) is 0 Å². The van der Waals surface area contributed by atoms with Crippen molar-refractivity contribution >= 4 is 5.82 Å². The van der Waals surface area contributed by atoms with Crippen LogP contribution < -0.4 is 10.2 Å². The molecule has 0 aliphatic carbocycles. The summed E-state index contributed by atoms with van der Waals surface area (Å²) in [6.45, 7) is 10.7. The molecule has 1 fully saturated rings. The normalized spacial score (nSPS) is 16.0. The van der Waals surface area contributed by atoms with Gasteiger partial charge in [-0.3, -0.25) is 4.68 Å². The van der Waals surface area contributed by atoms with E-state index >= 15 is 0 Å². The monoisotopic (exact) mass is 341 g/mol. The summed E-state index contributed by atoms with van der Waals surface area (Å²) in [5.74, 6) is 2.42. The molecule has 136 valence electrons. The Kier molecular flexibility index (Phi) is 5.74. The molecule has 5 heteroatoms. The SMILES string of the molecule is CC1CCN(c2ccc(CNCc3cn(C)nc3C(C)C)cn2)CC1. The summed E-state index contributed by atoms with van der Waals surface area (Å²) < 4.78 is 1.90. The molecule has 0 radical (unpaired) electrons. The minimum atomic E-state index is 0.450. The Morgan fingerprint density at radius 1 is 1.20 bits per heavy atom. The highest BCUT2D eigenvalue weighted by atomic mass is 15.3. The Bertz CT molecular complexity index is 666. The number of rotatable bonds is 6. The van der Waals surface area contributed by atoms with Gasteiger partial charge in [-0.05, 0) is 36.3 Å². The lowest BCUT2D eigenvalue weighted by Crippen LogP contribution is -2.33. The zero-order valence-corrected chi connectivity index (χ0v) is 16.0. The Morgan fingerprint density at radius 3 is 2.60 bits per heavy atom. The number of pyridine rings is 1. The zero-order valence-electron chi connectivity index (χ0n) is 16.0. The van der Waals surface area contributed by atoms with Crippen molar-refractivity contribution in [2.45, 2.75) is 52.6 Å². The van der Waals surface area contributed by atoms with Crippen molar-refractivity contribution in [2.24, 2.45) is 13.0 Å². The summed E-state index contributed by atoms with van der Waals surface area (Å²) in [5, 5.41) is 8.09. The van der Waals surface area contributed by atoms with Crippen LogP contribution in [0.5, 0.6) is 0 Å². The van der Waals surface area contributed by atoms with Gasteiger partial charge in [0.25, 0.3) is 0 Å². The lowest BCUT2D eigenvalue weighted by molar-refractivity contribution is 0.436. The Labute approximate surface area is 151 Å². The number of nitrogens with one attached hydrogen (secondary N) is 1. The van der Waals surface area contributed by atoms with Gasteiger partial charge < -0.3 is 10.2 Å². The fourth-order valence-electron chi connectivity index (χ4n) is 3.46. The summed E-state index contributed by atoms with van der Waals surface area (Å²) in [6, 6.07) is 4.36. The van der Waals surface area contributed by atoms with Gasteiger partial charge in [0.05, 0.1) is 5.69 Å². The number of anilines is 1. The zero-order chi connectivity index (χ0) is 17.8. The van der Waals surface area contributed by atoms with Gasteiger partial charge in [-0.2, -0.15) is 5.10 Å². The van der Waals surface area contributed by atoms with Crippen LogP contribution in [0.3, 0.4) is 0 Å². The molecule has 0 spiro atoms. The van der Waals surface area contributed by atoms with Crippen LogP contribution in [0, 0.1) is 5.92 Å². The molecule has 3 rings (SSSR count). The van der Waals surface area contributed by atoms with E-state index < -0.39 is 0 Å². The van der Waals surface area contributed by atoms with Crippen molar-refractivity contribution in [1.29, 1.82) is 0 Å². The Morgan fingerprint density at radius 2 is 1.96 bits per heavy atom. The highest BCUT2D eigenvalue weighted by Crippen LogP contribution is 2.21. The maximum atomic E-state index is 4.67. The Balaban J connectivity index is 1.52. The van der Waals surface area contributed by atoms with Crippen molar-refractivity contribution in [3.8, 4) is 0 Å². The van der Waals surface area contributed by atoms with Crippen LogP contribution in [0.1, 0.15) is 56.4 Å². The molecular formula is C20H31N5. The van der Waals surface area contributed by atoms with Crippen LogP contribution in [0.4, 0.5) is 5.82 Å². The number of piperidine rings is 1. The average Bonchev–Trinajstić information content (AvgIpc) is 2.97. The molecule has 0 amide bonds. The van der Waals surface area contributed by atoms with E-state index in [9.17, 15) is 0 Å². The van der Waals surface area contributed by atoms with Crippen molar-refractivity contribution in [2.75, 3.05) is 18.0 Å². The predicted molar refractivity (Wildman–Crippen MR) is 103 cm³/mol. The molecule has 1 saturated heterocycles. The van der Waals surface area contributed by atoms with E-state index in [1.165, 1.54) is 29.7 Å². The first-order chi connectivity index (χ1) is 12.0. The first kappa shape index (κ1) is 17.9. The van der Waals surface area contributed by atoms with Gasteiger partial charge >= 0.3 is 0 Å². The smallest absolute Gasteiger partial charge is 0.128 e. The number of nitrogens with zero attached hydrogens (tertiary/aromatic N) is 4. The van der Waals surface area contributed by atoms with E-state index in [0.717, 1.165) is 37.9 Å². The van der Waals surface area contributed by atoms with Gasteiger partial charge in [-0.15, -0.1) is 0 Å². The van der Waals surface area contributed by atoms with Gasteiger partial charge in [0.15, 0.2) is 0 Å². The second kappa shape index (κ2) is 8.00. The molecule has 5 nitrogen and oxygen atoms in total. The molecule has 1 aliphatic heterocycles. The largest absolute Gasteiger partial charge is 0.357 e. The van der Waals surface area contributed by atoms with E-state index in [0.29, 0.717) is 5.92 Å². The van der Waals surface area contributed by atoms with Gasteiger partial charge in [0.2, 0.25) is 0 Å². The van der Waals surface area contributed by atoms with E-state index in [1.807, 2.05) is 17.9 Å². The fraction of sp³-hybridized carbons (Fsp3) is 0.600. The second-order valence-corrected chi connectivity index (χ2v) is 7.67. The molecule has 2 aromatic heterocycles. The molecule has 1 N–H and O–H groups in total. The van der Waals surface area contributed by atoms with Crippen molar-refractivity contribution in [1.82, 2.24) is 20.1 Å². The summed E-state index contributed by atoms with van der Waals surface area (Å²) in [4.78, 5) is 7.08. The molecule has 2 aromatic rings. The van der Waals surface area contributed by atoms with Gasteiger partial charge in [0, 0.05) is 51.2 Å². The van der Waals surface area contributed by atoms with Crippen LogP contribution in [-0.4, -0.2) is 27.9 Å². The number of hydrogen-bond acceptors (Lipinski definition) is 4. The van der Waals surface area contributed by atoms with Gasteiger partial charge in [-0.25, -0.2) is 4.98 Å². The maximum Gasteiger partial charge on any atom is 0.128 e. The highest BCUT2D eigenvalue weighted by molar-refractivity contribution is 5.39. The molecule has 0 unspecified atom stereocenters. The fourth-order valence-corrected chi connectivity index (χ4v) is 3.46. The van der Waals surface area contributed by atoms with Gasteiger partial charge in [-0.1, -0.05) is 26.8 Å². The molecule has 25 heavy (non-hydrogen) atoms. The quantitative estimate of drug-likeness (QED) is 0.874. The first-order valence-electron chi connectivity index (χ1n) is 9.46. The van der Waals surface area contributed by atoms with Crippen LogP contribution in [-0.2, 0) is 20.1 Å². The van der Waals surface area contributed by atoms with E-state index in [-0.39, 0.29) is 0 Å². The van der Waals surface area contributed by atoms with E-state index in [2.05, 4.69) is 59.4 Å². The molecule has 0 saturated carbocycles.